The molecule has 4 nitrogen and oxygen atoms in total. The largest absolute Gasteiger partial charge is 0.482 e. The third kappa shape index (κ3) is 2.15. The third-order valence-corrected chi connectivity index (χ3v) is 2.23. The Morgan fingerprint density at radius 3 is 3.13 bits per heavy atom. The molecule has 1 aliphatic heterocycles. The van der Waals surface area contributed by atoms with E-state index in [2.05, 4.69) is 5.32 Å². The van der Waals surface area contributed by atoms with Crippen molar-refractivity contribution in [3.05, 3.63) is 23.8 Å². The molecule has 4 heteroatoms. The fourth-order valence-electron chi connectivity index (χ4n) is 1.50. The lowest BCUT2D eigenvalue weighted by atomic mass is 10.1. The molecule has 15 heavy (non-hydrogen) atoms. The maximum absolute atomic E-state index is 11.0. The normalized spacial score (nSPS) is 13.7. The van der Waals surface area contributed by atoms with E-state index in [0.29, 0.717) is 24.3 Å². The summed E-state index contributed by atoms with van der Waals surface area (Å²) >= 11 is 0. The Kier molecular flexibility index (Phi) is 2.67. The van der Waals surface area contributed by atoms with E-state index in [0.717, 1.165) is 11.8 Å². The zero-order valence-electron chi connectivity index (χ0n) is 8.16. The van der Waals surface area contributed by atoms with Gasteiger partial charge in [0.2, 0.25) is 0 Å². The van der Waals surface area contributed by atoms with Crippen molar-refractivity contribution in [2.75, 3.05) is 11.9 Å². The summed E-state index contributed by atoms with van der Waals surface area (Å²) in [5, 5.41) is 2.71. The van der Waals surface area contributed by atoms with Crippen LogP contribution in [0.5, 0.6) is 5.75 Å². The highest BCUT2D eigenvalue weighted by atomic mass is 16.5. The summed E-state index contributed by atoms with van der Waals surface area (Å²) in [7, 11) is 0. The quantitative estimate of drug-likeness (QED) is 0.753. The summed E-state index contributed by atoms with van der Waals surface area (Å²) < 4.78 is 5.26. The molecule has 0 radical (unpaired) electrons. The van der Waals surface area contributed by atoms with E-state index in [1.165, 1.54) is 0 Å². The van der Waals surface area contributed by atoms with Gasteiger partial charge < -0.3 is 14.8 Å². The first-order chi connectivity index (χ1) is 7.29. The topological polar surface area (TPSA) is 55.4 Å². The molecular weight excluding hydrogens is 194 g/mol. The number of carbonyl (C=O) groups excluding carboxylic acids is 2. The van der Waals surface area contributed by atoms with Crippen LogP contribution < -0.4 is 10.1 Å². The Labute approximate surface area is 87.2 Å². The Morgan fingerprint density at radius 1 is 1.47 bits per heavy atom. The minimum atomic E-state index is -0.136. The van der Waals surface area contributed by atoms with Crippen LogP contribution in [0.1, 0.15) is 12.0 Å². The van der Waals surface area contributed by atoms with Gasteiger partial charge in [-0.05, 0) is 24.1 Å². The fraction of sp³-hybridized carbons (Fsp3) is 0.273. The number of aldehydes is 1. The van der Waals surface area contributed by atoms with Gasteiger partial charge in [0.15, 0.2) is 6.61 Å². The van der Waals surface area contributed by atoms with E-state index in [1.807, 2.05) is 12.1 Å². The SMILES string of the molecule is O=CCCc1ccc2c(c1)OCC(=O)N2. The van der Waals surface area contributed by atoms with Gasteiger partial charge in [-0.2, -0.15) is 0 Å². The van der Waals surface area contributed by atoms with Crippen molar-refractivity contribution in [1.82, 2.24) is 0 Å². The zero-order valence-corrected chi connectivity index (χ0v) is 8.16. The Bertz CT molecular complexity index is 401. The number of carbonyl (C=O) groups is 2. The second-order valence-electron chi connectivity index (χ2n) is 3.37. The highest BCUT2D eigenvalue weighted by molar-refractivity contribution is 5.95. The molecule has 0 aliphatic carbocycles. The van der Waals surface area contributed by atoms with Crippen LogP contribution in [0, 0.1) is 0 Å². The summed E-state index contributed by atoms with van der Waals surface area (Å²) in [5.74, 6) is 0.543. The number of amides is 1. The predicted octanol–water partition coefficient (Wildman–Crippen LogP) is 1.15. The average Bonchev–Trinajstić information content (AvgIpc) is 2.26. The number of hydrogen-bond acceptors (Lipinski definition) is 3. The average molecular weight is 205 g/mol. The first-order valence-corrected chi connectivity index (χ1v) is 4.79. The summed E-state index contributed by atoms with van der Waals surface area (Å²) in [6.45, 7) is 0.0597. The maximum Gasteiger partial charge on any atom is 0.262 e. The molecule has 0 unspecified atom stereocenters. The van der Waals surface area contributed by atoms with E-state index >= 15 is 0 Å². The number of fused-ring (bicyclic) bond motifs is 1. The van der Waals surface area contributed by atoms with Crippen LogP contribution in [-0.4, -0.2) is 18.8 Å². The first-order valence-electron chi connectivity index (χ1n) is 4.79. The number of benzene rings is 1. The molecule has 1 N–H and O–H groups in total. The number of hydrogen-bond donors (Lipinski definition) is 1. The first kappa shape index (κ1) is 9.71. The van der Waals surface area contributed by atoms with Gasteiger partial charge in [0.25, 0.3) is 5.91 Å². The summed E-state index contributed by atoms with van der Waals surface area (Å²) in [6.07, 6.45) is 2.10. The lowest BCUT2D eigenvalue weighted by Gasteiger charge is -2.18. The molecule has 1 aromatic carbocycles. The summed E-state index contributed by atoms with van der Waals surface area (Å²) in [4.78, 5) is 21.2. The van der Waals surface area contributed by atoms with Crippen LogP contribution in [0.25, 0.3) is 0 Å². The number of ether oxygens (including phenoxy) is 1. The Hall–Kier alpha value is -1.84. The van der Waals surface area contributed by atoms with Crippen LogP contribution in [0.3, 0.4) is 0 Å². The van der Waals surface area contributed by atoms with Crippen molar-refractivity contribution >= 4 is 17.9 Å². The molecule has 0 saturated heterocycles. The number of anilines is 1. The monoisotopic (exact) mass is 205 g/mol. The van der Waals surface area contributed by atoms with Gasteiger partial charge in [-0.3, -0.25) is 4.79 Å². The van der Waals surface area contributed by atoms with Gasteiger partial charge in [0.1, 0.15) is 12.0 Å². The van der Waals surface area contributed by atoms with Crippen LogP contribution in [0.15, 0.2) is 18.2 Å². The highest BCUT2D eigenvalue weighted by Gasteiger charge is 2.15. The molecule has 2 rings (SSSR count). The molecule has 0 saturated carbocycles. The van der Waals surface area contributed by atoms with E-state index in [9.17, 15) is 9.59 Å². The highest BCUT2D eigenvalue weighted by Crippen LogP contribution is 2.28. The van der Waals surface area contributed by atoms with Crippen molar-refractivity contribution in [3.8, 4) is 5.75 Å². The molecule has 1 heterocycles. The van der Waals surface area contributed by atoms with E-state index < -0.39 is 0 Å². The molecule has 0 spiro atoms. The number of aryl methyl sites for hydroxylation is 1. The van der Waals surface area contributed by atoms with Crippen molar-refractivity contribution in [2.45, 2.75) is 12.8 Å². The van der Waals surface area contributed by atoms with Crippen LogP contribution in [0.4, 0.5) is 5.69 Å². The predicted molar refractivity (Wildman–Crippen MR) is 55.0 cm³/mol. The molecule has 1 aliphatic rings. The molecule has 1 amide bonds. The van der Waals surface area contributed by atoms with Gasteiger partial charge >= 0.3 is 0 Å². The second-order valence-corrected chi connectivity index (χ2v) is 3.37. The Morgan fingerprint density at radius 2 is 2.33 bits per heavy atom. The Balaban J connectivity index is 2.19. The molecular formula is C11H11NO3. The van der Waals surface area contributed by atoms with E-state index in [-0.39, 0.29) is 12.5 Å². The molecule has 78 valence electrons. The van der Waals surface area contributed by atoms with Crippen molar-refractivity contribution in [2.24, 2.45) is 0 Å². The van der Waals surface area contributed by atoms with Gasteiger partial charge in [0, 0.05) is 6.42 Å². The molecule has 0 bridgehead atoms. The third-order valence-electron chi connectivity index (χ3n) is 2.23. The van der Waals surface area contributed by atoms with E-state index in [4.69, 9.17) is 4.74 Å². The number of nitrogens with one attached hydrogen (secondary N) is 1. The molecule has 1 aromatic rings. The molecule has 0 aromatic heterocycles. The summed E-state index contributed by atoms with van der Waals surface area (Å²) in [5.41, 5.74) is 1.73. The van der Waals surface area contributed by atoms with Crippen LogP contribution >= 0.6 is 0 Å². The fourth-order valence-corrected chi connectivity index (χ4v) is 1.50. The minimum Gasteiger partial charge on any atom is -0.482 e. The standard InChI is InChI=1S/C11H11NO3/c13-5-1-2-8-3-4-9-10(6-8)15-7-11(14)12-9/h3-6H,1-2,7H2,(H,12,14). The second kappa shape index (κ2) is 4.13. The number of rotatable bonds is 3. The van der Waals surface area contributed by atoms with Gasteiger partial charge in [-0.1, -0.05) is 6.07 Å². The smallest absolute Gasteiger partial charge is 0.262 e. The van der Waals surface area contributed by atoms with Gasteiger partial charge in [0.05, 0.1) is 5.69 Å². The van der Waals surface area contributed by atoms with Gasteiger partial charge in [-0.25, -0.2) is 0 Å². The summed E-state index contributed by atoms with van der Waals surface area (Å²) in [6, 6.07) is 5.54. The minimum absolute atomic E-state index is 0.0597. The lowest BCUT2D eigenvalue weighted by Crippen LogP contribution is -2.25. The van der Waals surface area contributed by atoms with Gasteiger partial charge in [-0.15, -0.1) is 0 Å². The van der Waals surface area contributed by atoms with Crippen LogP contribution in [-0.2, 0) is 16.0 Å². The molecule has 0 fully saturated rings. The van der Waals surface area contributed by atoms with Crippen molar-refractivity contribution in [1.29, 1.82) is 0 Å². The van der Waals surface area contributed by atoms with E-state index in [1.54, 1.807) is 6.07 Å². The lowest BCUT2D eigenvalue weighted by molar-refractivity contribution is -0.118. The van der Waals surface area contributed by atoms with Crippen molar-refractivity contribution < 1.29 is 14.3 Å². The van der Waals surface area contributed by atoms with Crippen LogP contribution in [0.2, 0.25) is 0 Å². The van der Waals surface area contributed by atoms with Crippen molar-refractivity contribution in [3.63, 3.8) is 0 Å². The zero-order chi connectivity index (χ0) is 10.7. The molecule has 0 atom stereocenters. The maximum atomic E-state index is 11.0.